The molecule has 3 atom stereocenters. The van der Waals surface area contributed by atoms with Crippen molar-refractivity contribution in [1.29, 1.82) is 0 Å². The first-order chi connectivity index (χ1) is 24.2. The van der Waals surface area contributed by atoms with Gasteiger partial charge in [0.25, 0.3) is 5.96 Å². The van der Waals surface area contributed by atoms with Crippen molar-refractivity contribution < 1.29 is 28.9 Å². The third-order valence-corrected chi connectivity index (χ3v) is 7.74. The van der Waals surface area contributed by atoms with E-state index in [1.54, 1.807) is 63.2 Å². The summed E-state index contributed by atoms with van der Waals surface area (Å²) in [4.78, 5) is 69.8. The second kappa shape index (κ2) is 18.9. The lowest BCUT2D eigenvalue weighted by Crippen LogP contribution is -2.58. The average molecular weight is 708 g/mol. The highest BCUT2D eigenvalue weighted by atomic mass is 16.7. The molecular formula is C35H49N9O7. The number of aromatic nitrogens is 1. The molecule has 276 valence electrons. The lowest BCUT2D eigenvalue weighted by molar-refractivity contribution is -0.485. The molecule has 51 heavy (non-hydrogen) atoms. The number of aromatic amines is 1. The number of carbonyl (C=O) groups excluding carboxylic acids is 4. The molecule has 16 heteroatoms. The maximum Gasteiger partial charge on any atom is 0.408 e. The van der Waals surface area contributed by atoms with Crippen LogP contribution in [0, 0.1) is 10.1 Å². The zero-order chi connectivity index (χ0) is 37.6. The zero-order valence-electron chi connectivity index (χ0n) is 29.7. The van der Waals surface area contributed by atoms with Gasteiger partial charge in [-0.15, -0.1) is 0 Å². The number of guanidine groups is 1. The van der Waals surface area contributed by atoms with Gasteiger partial charge in [0.05, 0.1) is 0 Å². The fraction of sp³-hybridized carbons (Fsp3) is 0.457. The van der Waals surface area contributed by atoms with E-state index in [1.165, 1.54) is 0 Å². The number of nitrogens with one attached hydrogen (secondary N) is 5. The van der Waals surface area contributed by atoms with E-state index in [0.29, 0.717) is 13.0 Å². The van der Waals surface area contributed by atoms with E-state index in [0.717, 1.165) is 22.0 Å². The van der Waals surface area contributed by atoms with E-state index >= 15 is 0 Å². The van der Waals surface area contributed by atoms with Crippen LogP contribution in [0.4, 0.5) is 4.79 Å². The summed E-state index contributed by atoms with van der Waals surface area (Å²) >= 11 is 0. The molecule has 0 radical (unpaired) electrons. The molecule has 3 aromatic rings. The largest absolute Gasteiger partial charge is 0.444 e. The molecule has 1 heterocycles. The molecule has 3 rings (SSSR count). The van der Waals surface area contributed by atoms with Gasteiger partial charge < -0.3 is 41.6 Å². The van der Waals surface area contributed by atoms with Crippen LogP contribution in [0.5, 0.6) is 0 Å². The zero-order valence-corrected chi connectivity index (χ0v) is 29.7. The second-order valence-corrected chi connectivity index (χ2v) is 13.1. The minimum Gasteiger partial charge on any atom is -0.444 e. The van der Waals surface area contributed by atoms with Crippen LogP contribution in [-0.2, 0) is 32.0 Å². The maximum atomic E-state index is 14.1. The van der Waals surface area contributed by atoms with Crippen molar-refractivity contribution in [3.63, 3.8) is 0 Å². The highest BCUT2D eigenvalue weighted by Crippen LogP contribution is 2.20. The summed E-state index contributed by atoms with van der Waals surface area (Å²) in [5, 5.41) is 24.5. The molecule has 0 fully saturated rings. The quantitative estimate of drug-likeness (QED) is 0.0398. The number of ether oxygens (including phenoxy) is 1. The molecule has 16 nitrogen and oxygen atoms in total. The van der Waals surface area contributed by atoms with E-state index in [-0.39, 0.29) is 38.1 Å². The van der Waals surface area contributed by atoms with Gasteiger partial charge in [0, 0.05) is 50.1 Å². The Morgan fingerprint density at radius 3 is 2.27 bits per heavy atom. The minimum absolute atomic E-state index is 0.0413. The Balaban J connectivity index is 1.89. The van der Waals surface area contributed by atoms with Crippen molar-refractivity contribution in [2.24, 2.45) is 10.8 Å². The number of nitrogens with two attached hydrogens (primary N) is 1. The van der Waals surface area contributed by atoms with E-state index < -0.39 is 52.6 Å². The molecule has 0 spiro atoms. The van der Waals surface area contributed by atoms with Crippen molar-refractivity contribution in [2.45, 2.75) is 83.5 Å². The number of H-pyrrole nitrogens is 1. The van der Waals surface area contributed by atoms with Gasteiger partial charge in [0.2, 0.25) is 17.7 Å². The van der Waals surface area contributed by atoms with Crippen LogP contribution in [0.3, 0.4) is 0 Å². The fourth-order valence-electron chi connectivity index (χ4n) is 5.40. The fourth-order valence-corrected chi connectivity index (χ4v) is 5.40. The van der Waals surface area contributed by atoms with Crippen molar-refractivity contribution in [1.82, 2.24) is 31.2 Å². The van der Waals surface area contributed by atoms with Crippen LogP contribution in [0.1, 0.15) is 58.1 Å². The number of benzene rings is 2. The van der Waals surface area contributed by atoms with E-state index in [1.807, 2.05) is 37.3 Å². The second-order valence-electron chi connectivity index (χ2n) is 13.1. The van der Waals surface area contributed by atoms with E-state index in [2.05, 4.69) is 31.4 Å². The predicted octanol–water partition coefficient (Wildman–Crippen LogP) is 2.56. The SMILES string of the molecule is CCCN(C)C(=O)C(Cc1c[nH]c2ccccc12)NC(=O)C(CCCNC(N)=N[N+](=O)[O-])NC(=O)C(Cc1ccccc1)NC(=O)OC(C)(C)C. The number of fused-ring (bicyclic) bond motifs is 1. The smallest absolute Gasteiger partial charge is 0.408 e. The third kappa shape index (κ3) is 13.3. The highest BCUT2D eigenvalue weighted by molar-refractivity contribution is 5.94. The van der Waals surface area contributed by atoms with Crippen LogP contribution in [0.25, 0.3) is 10.9 Å². The first kappa shape index (κ1) is 39.8. The summed E-state index contributed by atoms with van der Waals surface area (Å²) in [5.41, 5.74) is 7.17. The summed E-state index contributed by atoms with van der Waals surface area (Å²) in [7, 11) is 1.67. The molecule has 4 amide bonds. The summed E-state index contributed by atoms with van der Waals surface area (Å²) in [6.45, 7) is 7.59. The van der Waals surface area contributed by atoms with Crippen molar-refractivity contribution in [3.05, 3.63) is 82.0 Å². The predicted molar refractivity (Wildman–Crippen MR) is 193 cm³/mol. The summed E-state index contributed by atoms with van der Waals surface area (Å²) in [6, 6.07) is 13.4. The van der Waals surface area contributed by atoms with Crippen LogP contribution in [0.2, 0.25) is 0 Å². The van der Waals surface area contributed by atoms with Gasteiger partial charge in [-0.25, -0.2) is 14.9 Å². The highest BCUT2D eigenvalue weighted by Gasteiger charge is 2.32. The van der Waals surface area contributed by atoms with Crippen LogP contribution >= 0.6 is 0 Å². The van der Waals surface area contributed by atoms with Gasteiger partial charge >= 0.3 is 6.09 Å². The number of carbonyl (C=O) groups is 4. The molecule has 0 bridgehead atoms. The van der Waals surface area contributed by atoms with Gasteiger partial charge in [0.1, 0.15) is 28.8 Å². The van der Waals surface area contributed by atoms with Crippen LogP contribution < -0.4 is 27.0 Å². The van der Waals surface area contributed by atoms with Crippen molar-refractivity contribution >= 4 is 40.7 Å². The molecule has 7 N–H and O–H groups in total. The Morgan fingerprint density at radius 1 is 0.961 bits per heavy atom. The molecular weight excluding hydrogens is 658 g/mol. The first-order valence-electron chi connectivity index (χ1n) is 16.8. The standard InChI is InChI=1S/C35H49N9O7/c1-6-19-43(5)32(47)29(21-24-22-38-26-16-11-10-15-25(24)26)40-30(45)27(17-12-18-37-33(36)42-44(49)50)39-31(46)28(20-23-13-8-7-9-14-23)41-34(48)51-35(2,3)4/h7-11,13-16,22,27-29,38H,6,12,17-21H2,1-5H3,(H,39,46)(H,40,45)(H,41,48)(H3,36,37,42). The van der Waals surface area contributed by atoms with Crippen LogP contribution in [-0.4, -0.2) is 88.6 Å². The van der Waals surface area contributed by atoms with Gasteiger partial charge in [0.15, 0.2) is 5.03 Å². The van der Waals surface area contributed by atoms with Gasteiger partial charge in [-0.2, -0.15) is 0 Å². The van der Waals surface area contributed by atoms with Crippen molar-refractivity contribution in [2.75, 3.05) is 20.1 Å². The number of hydrogen-bond acceptors (Lipinski definition) is 7. The molecule has 0 aliphatic rings. The summed E-state index contributed by atoms with van der Waals surface area (Å²) in [5.74, 6) is -2.01. The number of hydrogen-bond donors (Lipinski definition) is 6. The lowest BCUT2D eigenvalue weighted by Gasteiger charge is -2.28. The van der Waals surface area contributed by atoms with Gasteiger partial charge in [-0.05, 0) is 57.2 Å². The molecule has 0 aliphatic heterocycles. The Hall–Kier alpha value is -5.67. The average Bonchev–Trinajstić information content (AvgIpc) is 3.47. The summed E-state index contributed by atoms with van der Waals surface area (Å²) < 4.78 is 5.41. The maximum absolute atomic E-state index is 14.1. The Labute approximate surface area is 297 Å². The number of nitro groups is 1. The number of rotatable bonds is 17. The van der Waals surface area contributed by atoms with Gasteiger partial charge in [-0.3, -0.25) is 14.4 Å². The number of amides is 4. The molecule has 3 unspecified atom stereocenters. The molecule has 0 aliphatic carbocycles. The van der Waals surface area contributed by atoms with E-state index in [9.17, 15) is 29.3 Å². The normalized spacial score (nSPS) is 13.4. The number of para-hydroxylation sites is 1. The monoisotopic (exact) mass is 707 g/mol. The lowest BCUT2D eigenvalue weighted by atomic mass is 10.0. The summed E-state index contributed by atoms with van der Waals surface area (Å²) in [6.07, 6.45) is 2.22. The Bertz CT molecular complexity index is 1670. The Morgan fingerprint density at radius 2 is 1.61 bits per heavy atom. The van der Waals surface area contributed by atoms with Crippen molar-refractivity contribution in [3.8, 4) is 0 Å². The van der Waals surface area contributed by atoms with Gasteiger partial charge in [-0.1, -0.05) is 55.5 Å². The molecule has 2 aromatic carbocycles. The third-order valence-electron chi connectivity index (χ3n) is 7.74. The molecule has 0 saturated carbocycles. The first-order valence-corrected chi connectivity index (χ1v) is 16.8. The number of alkyl carbamates (subject to hydrolysis) is 1. The number of likely N-dealkylation sites (N-methyl/N-ethyl adjacent to an activating group) is 1. The minimum atomic E-state index is -1.18. The molecule has 0 saturated heterocycles. The van der Waals surface area contributed by atoms with E-state index in [4.69, 9.17) is 10.5 Å². The number of nitrogens with zero attached hydrogens (tertiary/aromatic N) is 3. The van der Waals surface area contributed by atoms with Crippen LogP contribution in [0.15, 0.2) is 65.9 Å². The Kier molecular flexibility index (Phi) is 14.8. The topological polar surface area (TPSA) is 226 Å². The number of hydrazone groups is 1. The molecule has 1 aromatic heterocycles.